The van der Waals surface area contributed by atoms with E-state index in [-0.39, 0.29) is 12.1 Å². The second-order valence-corrected chi connectivity index (χ2v) is 7.58. The predicted molar refractivity (Wildman–Crippen MR) is 114 cm³/mol. The molecule has 2 atom stereocenters. The van der Waals surface area contributed by atoms with Crippen molar-refractivity contribution in [3.05, 3.63) is 107 Å². The van der Waals surface area contributed by atoms with Crippen LogP contribution in [0, 0.1) is 6.92 Å². The Labute approximate surface area is 173 Å². The van der Waals surface area contributed by atoms with Crippen molar-refractivity contribution >= 4 is 11.6 Å². The molecule has 4 heterocycles. The van der Waals surface area contributed by atoms with E-state index in [9.17, 15) is 0 Å². The Balaban J connectivity index is 1.63. The molecule has 6 rings (SSSR count). The maximum Gasteiger partial charge on any atom is 0.226 e. The molecule has 0 radical (unpaired) electrons. The lowest BCUT2D eigenvalue weighted by Crippen LogP contribution is -2.32. The number of aryl methyl sites for hydroxylation is 1. The number of para-hydroxylation sites is 1. The van der Waals surface area contributed by atoms with E-state index < -0.39 is 0 Å². The fraction of sp³-hybridized carbons (Fsp3) is 0.125. The van der Waals surface area contributed by atoms with E-state index >= 15 is 0 Å². The molecule has 6 heteroatoms. The maximum absolute atomic E-state index is 6.59. The molecule has 0 aliphatic carbocycles. The van der Waals surface area contributed by atoms with Gasteiger partial charge < -0.3 is 10.1 Å². The van der Waals surface area contributed by atoms with Crippen molar-refractivity contribution in [3.8, 4) is 5.75 Å². The highest BCUT2D eigenvalue weighted by molar-refractivity contribution is 5.85. The summed E-state index contributed by atoms with van der Waals surface area (Å²) < 4.78 is 8.50. The standard InChI is InChI=1S/C24H19N5O/c1-15-8-10-16(11-9-15)23-20-21(18-6-2-3-7-19(18)30-23)28-24-26-14-27-29(24)22(20)17-5-4-12-25-13-17/h2-14,22-23H,1H3,(H,26,27,28)/t22-,23+/m0/s1. The Hall–Kier alpha value is -3.93. The largest absolute Gasteiger partial charge is 0.480 e. The van der Waals surface area contributed by atoms with Gasteiger partial charge >= 0.3 is 0 Å². The van der Waals surface area contributed by atoms with E-state index in [0.717, 1.165) is 33.7 Å². The van der Waals surface area contributed by atoms with Gasteiger partial charge in [-0.15, -0.1) is 0 Å². The topological polar surface area (TPSA) is 64.9 Å². The molecule has 0 bridgehead atoms. The number of hydrogen-bond acceptors (Lipinski definition) is 5. The van der Waals surface area contributed by atoms with Crippen molar-refractivity contribution in [2.75, 3.05) is 5.32 Å². The van der Waals surface area contributed by atoms with Gasteiger partial charge in [0.25, 0.3) is 0 Å². The molecule has 0 saturated heterocycles. The quantitative estimate of drug-likeness (QED) is 0.542. The molecule has 0 amide bonds. The van der Waals surface area contributed by atoms with E-state index in [1.165, 1.54) is 5.56 Å². The molecule has 0 fully saturated rings. The van der Waals surface area contributed by atoms with Crippen molar-refractivity contribution < 1.29 is 4.74 Å². The summed E-state index contributed by atoms with van der Waals surface area (Å²) in [5.74, 6) is 1.56. The predicted octanol–water partition coefficient (Wildman–Crippen LogP) is 4.54. The zero-order valence-electron chi connectivity index (χ0n) is 16.4. The third-order valence-electron chi connectivity index (χ3n) is 5.70. The van der Waals surface area contributed by atoms with Gasteiger partial charge in [-0.05, 0) is 36.2 Å². The second kappa shape index (κ2) is 6.56. The number of nitrogens with zero attached hydrogens (tertiary/aromatic N) is 4. The minimum atomic E-state index is -0.259. The summed E-state index contributed by atoms with van der Waals surface area (Å²) in [4.78, 5) is 8.81. The SMILES string of the molecule is Cc1ccc([C@H]2Oc3ccccc3C3=C2[C@H](c2cccnc2)n2ncnc2N3)cc1. The molecule has 2 aromatic carbocycles. The van der Waals surface area contributed by atoms with Crippen LogP contribution in [0.1, 0.15) is 34.4 Å². The fourth-order valence-corrected chi connectivity index (χ4v) is 4.29. The van der Waals surface area contributed by atoms with E-state index in [1.54, 1.807) is 12.5 Å². The molecule has 0 unspecified atom stereocenters. The van der Waals surface area contributed by atoms with Crippen LogP contribution in [-0.4, -0.2) is 19.7 Å². The van der Waals surface area contributed by atoms with Gasteiger partial charge in [0.1, 0.15) is 24.2 Å². The zero-order valence-corrected chi connectivity index (χ0v) is 16.4. The lowest BCUT2D eigenvalue weighted by Gasteiger charge is -2.38. The van der Waals surface area contributed by atoms with Gasteiger partial charge in [-0.3, -0.25) is 4.98 Å². The van der Waals surface area contributed by atoms with Gasteiger partial charge in [0.2, 0.25) is 5.95 Å². The normalized spacial score (nSPS) is 19.2. The summed E-state index contributed by atoms with van der Waals surface area (Å²) in [7, 11) is 0. The third-order valence-corrected chi connectivity index (χ3v) is 5.70. The average Bonchev–Trinajstić information content (AvgIpc) is 3.26. The first-order valence-corrected chi connectivity index (χ1v) is 9.93. The summed E-state index contributed by atoms with van der Waals surface area (Å²) >= 11 is 0. The molecule has 2 aromatic heterocycles. The van der Waals surface area contributed by atoms with Crippen LogP contribution in [-0.2, 0) is 0 Å². The highest BCUT2D eigenvalue weighted by Crippen LogP contribution is 2.50. The number of nitrogens with one attached hydrogen (secondary N) is 1. The summed E-state index contributed by atoms with van der Waals surface area (Å²) in [5, 5.41) is 8.04. The Morgan fingerprint density at radius 3 is 2.67 bits per heavy atom. The van der Waals surface area contributed by atoms with Crippen LogP contribution in [0.4, 0.5) is 5.95 Å². The molecule has 6 nitrogen and oxygen atoms in total. The molecule has 0 spiro atoms. The van der Waals surface area contributed by atoms with Crippen LogP contribution in [0.15, 0.2) is 85.0 Å². The number of aromatic nitrogens is 4. The number of pyridine rings is 1. The molecule has 0 saturated carbocycles. The molecular formula is C24H19N5O. The summed E-state index contributed by atoms with van der Waals surface area (Å²) in [6.45, 7) is 2.09. The molecule has 4 aromatic rings. The van der Waals surface area contributed by atoms with E-state index in [4.69, 9.17) is 4.74 Å². The summed E-state index contributed by atoms with van der Waals surface area (Å²) in [6, 6.07) is 20.5. The monoisotopic (exact) mass is 393 g/mol. The first-order chi connectivity index (χ1) is 14.8. The Bertz CT molecular complexity index is 1260. The summed E-state index contributed by atoms with van der Waals surface area (Å²) in [5.41, 5.74) is 6.51. The zero-order chi connectivity index (χ0) is 20.1. The van der Waals surface area contributed by atoms with E-state index in [1.807, 2.05) is 35.1 Å². The van der Waals surface area contributed by atoms with Crippen molar-refractivity contribution in [2.24, 2.45) is 0 Å². The Morgan fingerprint density at radius 1 is 0.967 bits per heavy atom. The molecular weight excluding hydrogens is 374 g/mol. The molecule has 146 valence electrons. The first kappa shape index (κ1) is 17.0. The van der Waals surface area contributed by atoms with Gasteiger partial charge in [-0.25, -0.2) is 4.68 Å². The van der Waals surface area contributed by atoms with E-state index in [0.29, 0.717) is 5.95 Å². The van der Waals surface area contributed by atoms with Gasteiger partial charge in [0.15, 0.2) is 0 Å². The third kappa shape index (κ3) is 2.54. The number of benzene rings is 2. The summed E-state index contributed by atoms with van der Waals surface area (Å²) in [6.07, 6.45) is 4.99. The number of hydrogen-bond donors (Lipinski definition) is 1. The average molecular weight is 393 g/mol. The lowest BCUT2D eigenvalue weighted by atomic mass is 9.85. The van der Waals surface area contributed by atoms with Gasteiger partial charge in [0, 0.05) is 23.5 Å². The molecule has 30 heavy (non-hydrogen) atoms. The van der Waals surface area contributed by atoms with Crippen LogP contribution in [0.3, 0.4) is 0 Å². The molecule has 2 aliphatic rings. The number of ether oxygens (including phenoxy) is 1. The smallest absolute Gasteiger partial charge is 0.226 e. The number of rotatable bonds is 2. The molecule has 1 N–H and O–H groups in total. The van der Waals surface area contributed by atoms with Crippen molar-refractivity contribution in [1.82, 2.24) is 19.7 Å². The minimum Gasteiger partial charge on any atom is -0.480 e. The van der Waals surface area contributed by atoms with Crippen molar-refractivity contribution in [3.63, 3.8) is 0 Å². The minimum absolute atomic E-state index is 0.174. The number of anilines is 1. The maximum atomic E-state index is 6.59. The highest BCUT2D eigenvalue weighted by atomic mass is 16.5. The van der Waals surface area contributed by atoms with Crippen LogP contribution >= 0.6 is 0 Å². The first-order valence-electron chi connectivity index (χ1n) is 9.93. The van der Waals surface area contributed by atoms with Gasteiger partial charge in [-0.1, -0.05) is 48.0 Å². The van der Waals surface area contributed by atoms with E-state index in [2.05, 4.69) is 63.7 Å². The number of fused-ring (bicyclic) bond motifs is 3. The van der Waals surface area contributed by atoms with Crippen molar-refractivity contribution in [1.29, 1.82) is 0 Å². The highest BCUT2D eigenvalue weighted by Gasteiger charge is 2.40. The van der Waals surface area contributed by atoms with Crippen LogP contribution in [0.2, 0.25) is 0 Å². The van der Waals surface area contributed by atoms with Crippen LogP contribution in [0.25, 0.3) is 5.70 Å². The Kier molecular flexibility index (Phi) is 3.71. The van der Waals surface area contributed by atoms with Crippen LogP contribution in [0.5, 0.6) is 5.75 Å². The lowest BCUT2D eigenvalue weighted by molar-refractivity contribution is 0.223. The second-order valence-electron chi connectivity index (χ2n) is 7.58. The van der Waals surface area contributed by atoms with Gasteiger partial charge in [-0.2, -0.15) is 10.1 Å². The Morgan fingerprint density at radius 2 is 1.83 bits per heavy atom. The van der Waals surface area contributed by atoms with Crippen molar-refractivity contribution in [2.45, 2.75) is 19.1 Å². The van der Waals surface area contributed by atoms with Crippen LogP contribution < -0.4 is 10.1 Å². The molecule has 2 aliphatic heterocycles. The fourth-order valence-electron chi connectivity index (χ4n) is 4.29. The van der Waals surface area contributed by atoms with Gasteiger partial charge in [0.05, 0.1) is 5.70 Å².